The third-order valence-corrected chi connectivity index (χ3v) is 4.47. The zero-order chi connectivity index (χ0) is 15.5. The van der Waals surface area contributed by atoms with E-state index in [0.717, 1.165) is 13.1 Å². The molecule has 0 spiro atoms. The fourth-order valence-corrected chi connectivity index (χ4v) is 3.09. The highest BCUT2D eigenvalue weighted by Gasteiger charge is 2.23. The molecule has 4 N–H and O–H groups in total. The lowest BCUT2D eigenvalue weighted by Crippen LogP contribution is -2.34. The Morgan fingerprint density at radius 1 is 1.45 bits per heavy atom. The van der Waals surface area contributed by atoms with Crippen molar-refractivity contribution in [2.45, 2.75) is 26.2 Å². The number of amides is 1. The molecular weight excluding hydrogens is 282 g/mol. The summed E-state index contributed by atoms with van der Waals surface area (Å²) in [7, 11) is 0. The largest absolute Gasteiger partial charge is 0.454 e. The third kappa shape index (κ3) is 3.27. The molecule has 2 aliphatic rings. The number of rotatable bonds is 4. The number of nitrogen functional groups attached to an aromatic ring is 1. The molecule has 2 heterocycles. The molecule has 0 aromatic heterocycles. The van der Waals surface area contributed by atoms with Crippen LogP contribution in [0.3, 0.4) is 0 Å². The van der Waals surface area contributed by atoms with Gasteiger partial charge in [-0.15, -0.1) is 0 Å². The third-order valence-electron chi connectivity index (χ3n) is 4.47. The number of carbonyl (C=O) groups excluding carboxylic acids is 1. The van der Waals surface area contributed by atoms with Crippen molar-refractivity contribution < 1.29 is 14.3 Å². The molecule has 1 amide bonds. The molecule has 0 saturated carbocycles. The van der Waals surface area contributed by atoms with Crippen molar-refractivity contribution in [3.63, 3.8) is 0 Å². The number of carbonyl (C=O) groups is 1. The number of benzene rings is 1. The maximum Gasteiger partial charge on any atom is 0.231 e. The Bertz CT molecular complexity index is 556. The minimum Gasteiger partial charge on any atom is -0.454 e. The van der Waals surface area contributed by atoms with Gasteiger partial charge in [0.15, 0.2) is 11.5 Å². The minimum absolute atomic E-state index is 0.0105. The quantitative estimate of drug-likeness (QED) is 0.740. The number of nitrogens with one attached hydrogen (secondary N) is 2. The Morgan fingerprint density at radius 2 is 2.23 bits per heavy atom. The van der Waals surface area contributed by atoms with Crippen LogP contribution in [0.25, 0.3) is 0 Å². The zero-order valence-electron chi connectivity index (χ0n) is 12.9. The van der Waals surface area contributed by atoms with E-state index in [2.05, 4.69) is 17.6 Å². The van der Waals surface area contributed by atoms with Crippen molar-refractivity contribution in [1.29, 1.82) is 0 Å². The lowest BCUT2D eigenvalue weighted by Gasteiger charge is -2.28. The van der Waals surface area contributed by atoms with Crippen LogP contribution >= 0.6 is 0 Å². The number of piperidine rings is 1. The van der Waals surface area contributed by atoms with Crippen LogP contribution in [0.1, 0.15) is 26.2 Å². The van der Waals surface area contributed by atoms with Crippen LogP contribution in [-0.4, -0.2) is 25.8 Å². The van der Waals surface area contributed by atoms with Crippen molar-refractivity contribution in [3.05, 3.63) is 12.1 Å². The highest BCUT2D eigenvalue weighted by Crippen LogP contribution is 2.38. The number of hydrogen-bond donors (Lipinski definition) is 3. The topological polar surface area (TPSA) is 85.6 Å². The molecule has 1 fully saturated rings. The molecule has 2 unspecified atom stereocenters. The Hall–Kier alpha value is -1.95. The van der Waals surface area contributed by atoms with Gasteiger partial charge in [0.2, 0.25) is 12.7 Å². The predicted octanol–water partition coefficient (Wildman–Crippen LogP) is 1.96. The van der Waals surface area contributed by atoms with E-state index in [1.165, 1.54) is 12.8 Å². The van der Waals surface area contributed by atoms with Gasteiger partial charge >= 0.3 is 0 Å². The van der Waals surface area contributed by atoms with Gasteiger partial charge < -0.3 is 25.8 Å². The molecule has 0 radical (unpaired) electrons. The van der Waals surface area contributed by atoms with Gasteiger partial charge in [-0.05, 0) is 37.8 Å². The van der Waals surface area contributed by atoms with Crippen LogP contribution in [0.2, 0.25) is 0 Å². The molecule has 3 rings (SSSR count). The van der Waals surface area contributed by atoms with Gasteiger partial charge in [0, 0.05) is 18.6 Å². The van der Waals surface area contributed by atoms with Crippen LogP contribution in [0.4, 0.5) is 11.4 Å². The van der Waals surface area contributed by atoms with Crippen molar-refractivity contribution in [2.24, 2.45) is 11.8 Å². The molecule has 22 heavy (non-hydrogen) atoms. The average Bonchev–Trinajstić information content (AvgIpc) is 2.95. The minimum atomic E-state index is -0.0105. The summed E-state index contributed by atoms with van der Waals surface area (Å²) >= 11 is 0. The molecular formula is C16H23N3O3. The maximum atomic E-state index is 12.3. The molecule has 2 atom stereocenters. The van der Waals surface area contributed by atoms with Crippen molar-refractivity contribution in [2.75, 3.05) is 30.9 Å². The first-order valence-corrected chi connectivity index (χ1v) is 7.83. The number of nitrogens with two attached hydrogens (primary N) is 1. The predicted molar refractivity (Wildman–Crippen MR) is 85.0 cm³/mol. The Balaban J connectivity index is 1.59. The summed E-state index contributed by atoms with van der Waals surface area (Å²) in [5.41, 5.74) is 7.03. The van der Waals surface area contributed by atoms with Gasteiger partial charge in [-0.3, -0.25) is 4.79 Å². The first kappa shape index (κ1) is 15.0. The second kappa shape index (κ2) is 6.44. The standard InChI is InChI=1S/C16H23N3O3/c1-10(11-3-2-4-18-8-11)5-16(20)19-13-7-15-14(6-12(13)17)21-9-22-15/h6-7,10-11,18H,2-5,8-9,17H2,1H3,(H,19,20). The van der Waals surface area contributed by atoms with Crippen molar-refractivity contribution in [3.8, 4) is 11.5 Å². The van der Waals surface area contributed by atoms with E-state index >= 15 is 0 Å². The molecule has 1 saturated heterocycles. The summed E-state index contributed by atoms with van der Waals surface area (Å²) in [6.45, 7) is 4.42. The van der Waals surface area contributed by atoms with E-state index in [1.54, 1.807) is 12.1 Å². The summed E-state index contributed by atoms with van der Waals surface area (Å²) in [5.74, 6) is 2.14. The van der Waals surface area contributed by atoms with E-state index in [9.17, 15) is 4.79 Å². The first-order valence-electron chi connectivity index (χ1n) is 7.83. The zero-order valence-corrected chi connectivity index (χ0v) is 12.9. The maximum absolute atomic E-state index is 12.3. The fraction of sp³-hybridized carbons (Fsp3) is 0.562. The summed E-state index contributed by atoms with van der Waals surface area (Å²) in [6, 6.07) is 3.41. The van der Waals surface area contributed by atoms with Crippen molar-refractivity contribution in [1.82, 2.24) is 5.32 Å². The molecule has 0 bridgehead atoms. The van der Waals surface area contributed by atoms with Gasteiger partial charge in [-0.2, -0.15) is 0 Å². The van der Waals surface area contributed by atoms with Gasteiger partial charge in [-0.1, -0.05) is 6.92 Å². The first-order chi connectivity index (χ1) is 10.6. The fourth-order valence-electron chi connectivity index (χ4n) is 3.09. The Morgan fingerprint density at radius 3 is 2.95 bits per heavy atom. The smallest absolute Gasteiger partial charge is 0.231 e. The Kier molecular flexibility index (Phi) is 4.38. The van der Waals surface area contributed by atoms with Gasteiger partial charge in [0.1, 0.15) is 0 Å². The Labute approximate surface area is 130 Å². The van der Waals surface area contributed by atoms with Gasteiger partial charge in [-0.25, -0.2) is 0 Å². The molecule has 1 aromatic rings. The normalized spacial score (nSPS) is 21.4. The van der Waals surface area contributed by atoms with E-state index < -0.39 is 0 Å². The molecule has 2 aliphatic heterocycles. The monoisotopic (exact) mass is 305 g/mol. The lowest BCUT2D eigenvalue weighted by molar-refractivity contribution is -0.117. The molecule has 120 valence electrons. The summed E-state index contributed by atoms with van der Waals surface area (Å²) in [5, 5.41) is 6.28. The molecule has 0 aliphatic carbocycles. The molecule has 6 nitrogen and oxygen atoms in total. The second-order valence-corrected chi connectivity index (χ2v) is 6.13. The van der Waals surface area contributed by atoms with Crippen LogP contribution in [0.5, 0.6) is 11.5 Å². The summed E-state index contributed by atoms with van der Waals surface area (Å²) in [6.07, 6.45) is 2.87. The lowest BCUT2D eigenvalue weighted by atomic mass is 9.85. The van der Waals surface area contributed by atoms with Crippen LogP contribution < -0.4 is 25.8 Å². The summed E-state index contributed by atoms with van der Waals surface area (Å²) < 4.78 is 10.6. The van der Waals surface area contributed by atoms with Crippen LogP contribution in [0.15, 0.2) is 12.1 Å². The van der Waals surface area contributed by atoms with E-state index in [1.807, 2.05) is 0 Å². The number of hydrogen-bond acceptors (Lipinski definition) is 5. The summed E-state index contributed by atoms with van der Waals surface area (Å²) in [4.78, 5) is 12.3. The number of anilines is 2. The SMILES string of the molecule is CC(CC(=O)Nc1cc2c(cc1N)OCO2)C1CCCNC1. The van der Waals surface area contributed by atoms with Crippen LogP contribution in [-0.2, 0) is 4.79 Å². The van der Waals surface area contributed by atoms with Crippen molar-refractivity contribution >= 4 is 17.3 Å². The van der Waals surface area contributed by atoms with E-state index in [4.69, 9.17) is 15.2 Å². The second-order valence-electron chi connectivity index (χ2n) is 6.13. The molecule has 1 aromatic carbocycles. The number of fused-ring (bicyclic) bond motifs is 1. The highest BCUT2D eigenvalue weighted by atomic mass is 16.7. The number of ether oxygens (including phenoxy) is 2. The highest BCUT2D eigenvalue weighted by molar-refractivity contribution is 5.94. The van der Waals surface area contributed by atoms with E-state index in [-0.39, 0.29) is 12.7 Å². The van der Waals surface area contributed by atoms with Gasteiger partial charge in [0.25, 0.3) is 0 Å². The molecule has 6 heteroatoms. The van der Waals surface area contributed by atoms with Crippen LogP contribution in [0, 0.1) is 11.8 Å². The van der Waals surface area contributed by atoms with Gasteiger partial charge in [0.05, 0.1) is 11.4 Å². The average molecular weight is 305 g/mol. The van der Waals surface area contributed by atoms with E-state index in [0.29, 0.717) is 41.1 Å².